The van der Waals surface area contributed by atoms with Crippen molar-refractivity contribution in [3.63, 3.8) is 0 Å². The van der Waals surface area contributed by atoms with Gasteiger partial charge in [-0.25, -0.2) is 4.98 Å². The molecule has 2 heterocycles. The van der Waals surface area contributed by atoms with Gasteiger partial charge >= 0.3 is 0 Å². The van der Waals surface area contributed by atoms with E-state index in [1.54, 1.807) is 0 Å². The van der Waals surface area contributed by atoms with Crippen LogP contribution in [0.25, 0.3) is 0 Å². The molecule has 0 aliphatic carbocycles. The lowest BCUT2D eigenvalue weighted by molar-refractivity contribution is -0.0193. The zero-order valence-corrected chi connectivity index (χ0v) is 13.0. The minimum absolute atomic E-state index is 0.0115. The topological polar surface area (TPSA) is 49.9 Å². The molecule has 2 N–H and O–H groups in total. The Balaban J connectivity index is 2.44. The highest BCUT2D eigenvalue weighted by Crippen LogP contribution is 2.34. The average molecular weight is 281 g/mol. The number of aromatic nitrogens is 2. The molecule has 0 saturated carbocycles. The van der Waals surface area contributed by atoms with Crippen molar-refractivity contribution in [1.29, 1.82) is 0 Å². The smallest absolute Gasteiger partial charge is 0.137 e. The van der Waals surface area contributed by atoms with Crippen LogP contribution in [-0.4, -0.2) is 23.1 Å². The SMILES string of the molecule is CCOC(c1nc(=S)c2c([nH]1)CCNC2)C(C)(C)C. The number of rotatable bonds is 3. The molecular weight excluding hydrogens is 258 g/mol. The van der Waals surface area contributed by atoms with Crippen molar-refractivity contribution in [2.75, 3.05) is 13.2 Å². The van der Waals surface area contributed by atoms with Gasteiger partial charge in [-0.1, -0.05) is 33.0 Å². The Morgan fingerprint density at radius 3 is 2.79 bits per heavy atom. The first-order valence-corrected chi connectivity index (χ1v) is 7.28. The van der Waals surface area contributed by atoms with Gasteiger partial charge in [-0.15, -0.1) is 0 Å². The second-order valence-electron chi connectivity index (χ2n) is 6.01. The Kier molecular flexibility index (Phi) is 4.38. The zero-order chi connectivity index (χ0) is 14.0. The maximum absolute atomic E-state index is 5.88. The summed E-state index contributed by atoms with van der Waals surface area (Å²) in [6, 6.07) is 0. The van der Waals surface area contributed by atoms with Crippen LogP contribution in [0.1, 0.15) is 50.9 Å². The minimum Gasteiger partial charge on any atom is -0.370 e. The van der Waals surface area contributed by atoms with E-state index < -0.39 is 0 Å². The van der Waals surface area contributed by atoms with Gasteiger partial charge in [0.25, 0.3) is 0 Å². The van der Waals surface area contributed by atoms with Gasteiger partial charge in [0.05, 0.1) is 0 Å². The van der Waals surface area contributed by atoms with Crippen LogP contribution in [0.4, 0.5) is 0 Å². The van der Waals surface area contributed by atoms with Crippen LogP contribution in [0.2, 0.25) is 0 Å². The second kappa shape index (κ2) is 5.69. The van der Waals surface area contributed by atoms with Gasteiger partial charge in [-0.3, -0.25) is 0 Å². The fraction of sp³-hybridized carbons (Fsp3) is 0.714. The van der Waals surface area contributed by atoms with Crippen molar-refractivity contribution in [3.8, 4) is 0 Å². The quantitative estimate of drug-likeness (QED) is 0.836. The van der Waals surface area contributed by atoms with E-state index in [-0.39, 0.29) is 11.5 Å². The van der Waals surface area contributed by atoms with Crippen LogP contribution in [0.3, 0.4) is 0 Å². The molecule has 1 atom stereocenters. The summed E-state index contributed by atoms with van der Waals surface area (Å²) < 4.78 is 6.58. The summed E-state index contributed by atoms with van der Waals surface area (Å²) in [5, 5.41) is 3.33. The molecule has 0 radical (unpaired) electrons. The molecule has 0 fully saturated rings. The van der Waals surface area contributed by atoms with Crippen LogP contribution < -0.4 is 5.32 Å². The molecule has 1 aromatic heterocycles. The van der Waals surface area contributed by atoms with Crippen LogP contribution in [-0.2, 0) is 17.7 Å². The second-order valence-corrected chi connectivity index (χ2v) is 6.40. The van der Waals surface area contributed by atoms with E-state index in [2.05, 4.69) is 36.1 Å². The number of ether oxygens (including phenoxy) is 1. The Morgan fingerprint density at radius 2 is 2.16 bits per heavy atom. The first kappa shape index (κ1) is 14.6. The van der Waals surface area contributed by atoms with Crippen molar-refractivity contribution in [3.05, 3.63) is 21.7 Å². The molecule has 0 aromatic carbocycles. The number of nitrogens with zero attached hydrogens (tertiary/aromatic N) is 1. The van der Waals surface area contributed by atoms with E-state index in [1.807, 2.05) is 6.92 Å². The molecule has 0 amide bonds. The fourth-order valence-corrected chi connectivity index (χ4v) is 2.71. The van der Waals surface area contributed by atoms with E-state index in [0.29, 0.717) is 11.2 Å². The van der Waals surface area contributed by atoms with E-state index in [4.69, 9.17) is 17.0 Å². The normalized spacial score (nSPS) is 17.1. The molecule has 5 heteroatoms. The Bertz CT molecular complexity index is 504. The Morgan fingerprint density at radius 1 is 1.42 bits per heavy atom. The molecule has 0 spiro atoms. The van der Waals surface area contributed by atoms with Crippen molar-refractivity contribution < 1.29 is 4.74 Å². The largest absolute Gasteiger partial charge is 0.370 e. The fourth-order valence-electron chi connectivity index (χ4n) is 2.42. The lowest BCUT2D eigenvalue weighted by atomic mass is 9.88. The van der Waals surface area contributed by atoms with Gasteiger partial charge < -0.3 is 15.0 Å². The first-order valence-electron chi connectivity index (χ1n) is 6.87. The molecule has 1 aliphatic heterocycles. The van der Waals surface area contributed by atoms with Crippen LogP contribution in [0.15, 0.2) is 0 Å². The van der Waals surface area contributed by atoms with Crippen molar-refractivity contribution in [2.24, 2.45) is 5.41 Å². The van der Waals surface area contributed by atoms with E-state index >= 15 is 0 Å². The maximum Gasteiger partial charge on any atom is 0.137 e. The molecule has 1 aromatic rings. The molecule has 1 unspecified atom stereocenters. The van der Waals surface area contributed by atoms with Crippen LogP contribution in [0, 0.1) is 10.1 Å². The highest BCUT2D eigenvalue weighted by atomic mass is 32.1. The number of hydrogen-bond acceptors (Lipinski definition) is 4. The predicted octanol–water partition coefficient (Wildman–Crippen LogP) is 2.91. The summed E-state index contributed by atoms with van der Waals surface area (Å²) in [6.45, 7) is 11.0. The molecule has 1 aliphatic rings. The number of aromatic amines is 1. The third-order valence-corrected chi connectivity index (χ3v) is 3.68. The molecule has 4 nitrogen and oxygen atoms in total. The van der Waals surface area contributed by atoms with Gasteiger partial charge in [-0.05, 0) is 12.3 Å². The van der Waals surface area contributed by atoms with E-state index in [9.17, 15) is 0 Å². The van der Waals surface area contributed by atoms with Gasteiger partial charge in [0.2, 0.25) is 0 Å². The highest BCUT2D eigenvalue weighted by molar-refractivity contribution is 7.71. The molecule has 2 rings (SSSR count). The minimum atomic E-state index is -0.0561. The van der Waals surface area contributed by atoms with E-state index in [1.165, 1.54) is 5.69 Å². The van der Waals surface area contributed by atoms with Crippen molar-refractivity contribution in [2.45, 2.75) is 46.8 Å². The first-order chi connectivity index (χ1) is 8.93. The van der Waals surface area contributed by atoms with Crippen LogP contribution >= 0.6 is 12.2 Å². The number of nitrogens with one attached hydrogen (secondary N) is 2. The molecule has 19 heavy (non-hydrogen) atoms. The number of hydrogen-bond donors (Lipinski definition) is 2. The summed E-state index contributed by atoms with van der Waals surface area (Å²) in [7, 11) is 0. The lowest BCUT2D eigenvalue weighted by Gasteiger charge is -2.30. The summed E-state index contributed by atoms with van der Waals surface area (Å²) in [4.78, 5) is 8.02. The molecular formula is C14H23N3OS. The van der Waals surface area contributed by atoms with Gasteiger partial charge in [-0.2, -0.15) is 0 Å². The Hall–Kier alpha value is -0.780. The van der Waals surface area contributed by atoms with Gasteiger partial charge in [0.15, 0.2) is 0 Å². The standard InChI is InChI=1S/C14H23N3OS/c1-5-18-11(14(2,3)4)12-16-10-6-7-15-8-9(10)13(19)17-12/h11,15H,5-8H2,1-4H3,(H,16,17,19). The van der Waals surface area contributed by atoms with Crippen molar-refractivity contribution >= 4 is 12.2 Å². The third-order valence-electron chi connectivity index (χ3n) is 3.35. The lowest BCUT2D eigenvalue weighted by Crippen LogP contribution is -2.28. The monoisotopic (exact) mass is 281 g/mol. The average Bonchev–Trinajstić information content (AvgIpc) is 2.34. The molecule has 0 saturated heterocycles. The molecule has 0 bridgehead atoms. The predicted molar refractivity (Wildman–Crippen MR) is 78.7 cm³/mol. The summed E-state index contributed by atoms with van der Waals surface area (Å²) >= 11 is 5.43. The summed E-state index contributed by atoms with van der Waals surface area (Å²) in [5.74, 6) is 0.861. The summed E-state index contributed by atoms with van der Waals surface area (Å²) in [6.07, 6.45) is 0.914. The summed E-state index contributed by atoms with van der Waals surface area (Å²) in [5.41, 5.74) is 2.33. The highest BCUT2D eigenvalue weighted by Gasteiger charge is 2.29. The van der Waals surface area contributed by atoms with Crippen molar-refractivity contribution in [1.82, 2.24) is 15.3 Å². The maximum atomic E-state index is 5.88. The third kappa shape index (κ3) is 3.22. The number of H-pyrrole nitrogens is 1. The van der Waals surface area contributed by atoms with Gasteiger partial charge in [0.1, 0.15) is 16.6 Å². The number of fused-ring (bicyclic) bond motifs is 1. The van der Waals surface area contributed by atoms with Gasteiger partial charge in [0, 0.05) is 37.4 Å². The zero-order valence-electron chi connectivity index (χ0n) is 12.2. The van der Waals surface area contributed by atoms with E-state index in [0.717, 1.165) is 30.9 Å². The molecule has 106 valence electrons. The Labute approximate surface area is 120 Å². The van der Waals surface area contributed by atoms with Crippen LogP contribution in [0.5, 0.6) is 0 Å².